The van der Waals surface area contributed by atoms with E-state index in [-0.39, 0.29) is 11.5 Å². The lowest BCUT2D eigenvalue weighted by molar-refractivity contribution is -0.113. The van der Waals surface area contributed by atoms with Crippen LogP contribution in [-0.2, 0) is 4.79 Å². The van der Waals surface area contributed by atoms with Gasteiger partial charge in [-0.25, -0.2) is 0 Å². The molecule has 1 aromatic rings. The van der Waals surface area contributed by atoms with E-state index in [1.807, 2.05) is 0 Å². The van der Waals surface area contributed by atoms with Crippen LogP contribution in [0.25, 0.3) is 6.08 Å². The van der Waals surface area contributed by atoms with Crippen molar-refractivity contribution in [2.75, 3.05) is 0 Å². The Morgan fingerprint density at radius 1 is 1.41 bits per heavy atom. The summed E-state index contributed by atoms with van der Waals surface area (Å²) in [5, 5.41) is 0. The number of halogens is 3. The molecule has 2 nitrogen and oxygen atoms in total. The Bertz CT molecular complexity index is 456. The first-order valence-electron chi connectivity index (χ1n) is 4.83. The number of hydrogen-bond acceptors (Lipinski definition) is 2. The Kier molecular flexibility index (Phi) is 4.81. The Labute approximate surface area is 106 Å². The summed E-state index contributed by atoms with van der Waals surface area (Å²) in [4.78, 5) is 11.1. The van der Waals surface area contributed by atoms with Crippen molar-refractivity contribution in [1.29, 1.82) is 0 Å². The second-order valence-corrected chi connectivity index (χ2v) is 4.36. The van der Waals surface area contributed by atoms with E-state index in [2.05, 4.69) is 20.7 Å². The predicted octanol–water partition coefficient (Wildman–Crippen LogP) is 4.04. The number of allylic oxidation sites excluding steroid dienone is 1. The van der Waals surface area contributed by atoms with Crippen LogP contribution in [0.4, 0.5) is 8.78 Å². The van der Waals surface area contributed by atoms with Crippen molar-refractivity contribution in [3.8, 4) is 5.75 Å². The number of alkyl halides is 2. The number of rotatable bonds is 4. The molecule has 0 spiro atoms. The molecular formula is C12H11BrF2O2. The van der Waals surface area contributed by atoms with Gasteiger partial charge < -0.3 is 4.74 Å². The highest BCUT2D eigenvalue weighted by molar-refractivity contribution is 9.10. The molecule has 1 aromatic carbocycles. The standard InChI is InChI=1S/C12H11BrF2O2/c1-7(8(2)16)5-9-6-10(13)3-4-11(9)17-12(14)15/h3-6,12H,1-2H3/b7-5+. The van der Waals surface area contributed by atoms with Gasteiger partial charge >= 0.3 is 6.61 Å². The summed E-state index contributed by atoms with van der Waals surface area (Å²) in [5.41, 5.74) is 0.912. The van der Waals surface area contributed by atoms with E-state index in [1.54, 1.807) is 19.1 Å². The van der Waals surface area contributed by atoms with Crippen LogP contribution >= 0.6 is 15.9 Å². The molecule has 17 heavy (non-hydrogen) atoms. The maximum Gasteiger partial charge on any atom is 0.387 e. The summed E-state index contributed by atoms with van der Waals surface area (Å²) < 4.78 is 29.4. The van der Waals surface area contributed by atoms with Crippen LogP contribution in [-0.4, -0.2) is 12.4 Å². The van der Waals surface area contributed by atoms with Gasteiger partial charge in [0.25, 0.3) is 0 Å². The lowest BCUT2D eigenvalue weighted by Crippen LogP contribution is -2.03. The van der Waals surface area contributed by atoms with Crippen LogP contribution < -0.4 is 4.74 Å². The highest BCUT2D eigenvalue weighted by Crippen LogP contribution is 2.27. The minimum atomic E-state index is -2.89. The molecule has 5 heteroatoms. The van der Waals surface area contributed by atoms with Gasteiger partial charge in [-0.1, -0.05) is 15.9 Å². The maximum absolute atomic E-state index is 12.2. The molecule has 0 unspecified atom stereocenters. The summed E-state index contributed by atoms with van der Waals surface area (Å²) in [6, 6.07) is 4.64. The van der Waals surface area contributed by atoms with Gasteiger partial charge in [-0.2, -0.15) is 8.78 Å². The molecule has 92 valence electrons. The van der Waals surface area contributed by atoms with E-state index in [1.165, 1.54) is 19.1 Å². The number of Topliss-reactive ketones (excluding diaryl/α,β-unsaturated/α-hetero) is 1. The Balaban J connectivity index is 3.15. The molecule has 0 saturated carbocycles. The first kappa shape index (κ1) is 13.8. The van der Waals surface area contributed by atoms with Crippen LogP contribution in [0.2, 0.25) is 0 Å². The fourth-order valence-corrected chi connectivity index (χ4v) is 1.55. The van der Waals surface area contributed by atoms with E-state index in [4.69, 9.17) is 0 Å². The SMILES string of the molecule is CC(=O)/C(C)=C/c1cc(Br)ccc1OC(F)F. The number of carbonyl (C=O) groups excluding carboxylic acids is 1. The molecule has 0 N–H and O–H groups in total. The van der Waals surface area contributed by atoms with Crippen molar-refractivity contribution in [3.63, 3.8) is 0 Å². The third kappa shape index (κ3) is 4.26. The average molecular weight is 305 g/mol. The van der Waals surface area contributed by atoms with E-state index >= 15 is 0 Å². The monoisotopic (exact) mass is 304 g/mol. The highest BCUT2D eigenvalue weighted by Gasteiger charge is 2.09. The van der Waals surface area contributed by atoms with E-state index < -0.39 is 6.61 Å². The van der Waals surface area contributed by atoms with Gasteiger partial charge in [-0.05, 0) is 43.7 Å². The van der Waals surface area contributed by atoms with E-state index in [0.29, 0.717) is 11.1 Å². The Hall–Kier alpha value is -1.23. The van der Waals surface area contributed by atoms with E-state index in [9.17, 15) is 13.6 Å². The zero-order valence-electron chi connectivity index (χ0n) is 9.34. The summed E-state index contributed by atoms with van der Waals surface area (Å²) in [6.07, 6.45) is 1.52. The van der Waals surface area contributed by atoms with Gasteiger partial charge in [-0.15, -0.1) is 0 Å². The zero-order valence-corrected chi connectivity index (χ0v) is 10.9. The minimum Gasteiger partial charge on any atom is -0.434 e. The third-order valence-corrected chi connectivity index (χ3v) is 2.61. The van der Waals surface area contributed by atoms with Gasteiger partial charge in [0.2, 0.25) is 0 Å². The highest BCUT2D eigenvalue weighted by atomic mass is 79.9. The molecule has 0 aliphatic rings. The van der Waals surface area contributed by atoms with Crippen molar-refractivity contribution in [2.24, 2.45) is 0 Å². The normalized spacial score (nSPS) is 11.8. The fourth-order valence-electron chi connectivity index (χ4n) is 1.17. The molecule has 1 rings (SSSR count). The van der Waals surface area contributed by atoms with Crippen LogP contribution in [0.1, 0.15) is 19.4 Å². The average Bonchev–Trinajstić information content (AvgIpc) is 2.21. The Morgan fingerprint density at radius 3 is 2.59 bits per heavy atom. The second kappa shape index (κ2) is 5.91. The molecule has 0 saturated heterocycles. The molecule has 0 heterocycles. The van der Waals surface area contributed by atoms with Crippen LogP contribution in [0.15, 0.2) is 28.2 Å². The predicted molar refractivity (Wildman–Crippen MR) is 65.1 cm³/mol. The lowest BCUT2D eigenvalue weighted by Gasteiger charge is -2.09. The molecule has 0 aliphatic carbocycles. The number of benzene rings is 1. The molecule has 0 amide bonds. The first-order valence-corrected chi connectivity index (χ1v) is 5.63. The second-order valence-electron chi connectivity index (χ2n) is 3.44. The van der Waals surface area contributed by atoms with Gasteiger partial charge in [0.15, 0.2) is 5.78 Å². The Morgan fingerprint density at radius 2 is 2.06 bits per heavy atom. The van der Waals surface area contributed by atoms with Gasteiger partial charge in [0.1, 0.15) is 5.75 Å². The third-order valence-electron chi connectivity index (χ3n) is 2.12. The quantitative estimate of drug-likeness (QED) is 0.785. The number of ether oxygens (including phenoxy) is 1. The lowest BCUT2D eigenvalue weighted by atomic mass is 10.1. The first-order chi connectivity index (χ1) is 7.90. The van der Waals surface area contributed by atoms with Gasteiger partial charge in [-0.3, -0.25) is 4.79 Å². The topological polar surface area (TPSA) is 26.3 Å². The van der Waals surface area contributed by atoms with Crippen LogP contribution in [0.5, 0.6) is 5.75 Å². The maximum atomic E-state index is 12.2. The van der Waals surface area contributed by atoms with Crippen molar-refractivity contribution >= 4 is 27.8 Å². The molecule has 0 aromatic heterocycles. The largest absolute Gasteiger partial charge is 0.434 e. The van der Waals surface area contributed by atoms with Crippen molar-refractivity contribution in [2.45, 2.75) is 20.5 Å². The van der Waals surface area contributed by atoms with E-state index in [0.717, 1.165) is 4.47 Å². The summed E-state index contributed by atoms with van der Waals surface area (Å²) in [7, 11) is 0. The smallest absolute Gasteiger partial charge is 0.387 e. The number of ketones is 1. The molecule has 0 fully saturated rings. The van der Waals surface area contributed by atoms with Crippen LogP contribution in [0, 0.1) is 0 Å². The van der Waals surface area contributed by atoms with Gasteiger partial charge in [0, 0.05) is 10.0 Å². The van der Waals surface area contributed by atoms with Crippen LogP contribution in [0.3, 0.4) is 0 Å². The summed E-state index contributed by atoms with van der Waals surface area (Å²) in [6.45, 7) is 0.147. The summed E-state index contributed by atoms with van der Waals surface area (Å²) in [5.74, 6) is -0.0724. The minimum absolute atomic E-state index is 0.0452. The zero-order chi connectivity index (χ0) is 13.0. The molecule has 0 atom stereocenters. The van der Waals surface area contributed by atoms with Gasteiger partial charge in [0.05, 0.1) is 0 Å². The number of carbonyl (C=O) groups is 1. The number of hydrogen-bond donors (Lipinski definition) is 0. The molecule has 0 bridgehead atoms. The summed E-state index contributed by atoms with van der Waals surface area (Å²) >= 11 is 3.23. The fraction of sp³-hybridized carbons (Fsp3) is 0.250. The molecular weight excluding hydrogens is 294 g/mol. The molecule has 0 radical (unpaired) electrons. The van der Waals surface area contributed by atoms with Crippen molar-refractivity contribution in [1.82, 2.24) is 0 Å². The van der Waals surface area contributed by atoms with Crippen molar-refractivity contribution in [3.05, 3.63) is 33.8 Å². The van der Waals surface area contributed by atoms with Crippen molar-refractivity contribution < 1.29 is 18.3 Å². The molecule has 0 aliphatic heterocycles.